The van der Waals surface area contributed by atoms with Gasteiger partial charge in [-0.3, -0.25) is 4.79 Å². The van der Waals surface area contributed by atoms with E-state index in [1.165, 1.54) is 11.3 Å². The minimum Gasteiger partial charge on any atom is -0.482 e. The lowest BCUT2D eigenvalue weighted by molar-refractivity contribution is -0.118. The minimum absolute atomic E-state index is 0.0331. The average molecular weight is 340 g/mol. The zero-order valence-electron chi connectivity index (χ0n) is 9.72. The number of halogens is 1. The van der Waals surface area contributed by atoms with E-state index < -0.39 is 6.10 Å². The molecule has 0 saturated heterocycles. The van der Waals surface area contributed by atoms with E-state index in [0.29, 0.717) is 17.0 Å². The number of amides is 1. The largest absolute Gasteiger partial charge is 0.482 e. The van der Waals surface area contributed by atoms with Crippen LogP contribution in [0.2, 0.25) is 0 Å². The van der Waals surface area contributed by atoms with E-state index >= 15 is 0 Å². The maximum absolute atomic E-state index is 11.3. The number of rotatable bonds is 2. The number of hydrogen-bond acceptors (Lipinski definition) is 4. The van der Waals surface area contributed by atoms with Gasteiger partial charge in [0.1, 0.15) is 11.9 Å². The number of ether oxygens (including phenoxy) is 1. The SMILES string of the molecule is O=C1COc2ccc(C(O)c3sccc3Br)cc2N1. The Hall–Kier alpha value is -1.37. The van der Waals surface area contributed by atoms with Gasteiger partial charge in [-0.15, -0.1) is 11.3 Å². The number of aliphatic hydroxyl groups is 1. The number of benzene rings is 1. The normalized spacial score (nSPS) is 15.4. The molecule has 19 heavy (non-hydrogen) atoms. The number of anilines is 1. The van der Waals surface area contributed by atoms with Gasteiger partial charge in [0.25, 0.3) is 5.91 Å². The van der Waals surface area contributed by atoms with Crippen LogP contribution >= 0.6 is 27.3 Å². The standard InChI is InChI=1S/C13H10BrNO3S/c14-8-3-4-19-13(8)12(17)7-1-2-10-9(5-7)15-11(16)6-18-10/h1-5,12,17H,6H2,(H,15,16). The molecular formula is C13H10BrNO3S. The van der Waals surface area contributed by atoms with Gasteiger partial charge < -0.3 is 15.2 Å². The third-order valence-corrected chi connectivity index (χ3v) is 4.77. The summed E-state index contributed by atoms with van der Waals surface area (Å²) in [4.78, 5) is 12.1. The Balaban J connectivity index is 1.96. The fourth-order valence-electron chi connectivity index (χ4n) is 1.92. The first-order valence-corrected chi connectivity index (χ1v) is 7.30. The lowest BCUT2D eigenvalue weighted by Gasteiger charge is -2.19. The van der Waals surface area contributed by atoms with Gasteiger partial charge in [0.05, 0.1) is 10.6 Å². The molecule has 4 nitrogen and oxygen atoms in total. The quantitative estimate of drug-likeness (QED) is 0.884. The number of aliphatic hydroxyl groups excluding tert-OH is 1. The Bertz CT molecular complexity index is 641. The number of thiophene rings is 1. The molecule has 3 rings (SSSR count). The van der Waals surface area contributed by atoms with Gasteiger partial charge in [0, 0.05) is 4.47 Å². The molecule has 1 amide bonds. The van der Waals surface area contributed by atoms with Crippen LogP contribution < -0.4 is 10.1 Å². The Kier molecular flexibility index (Phi) is 3.30. The van der Waals surface area contributed by atoms with Crippen LogP contribution in [0.4, 0.5) is 5.69 Å². The Labute approximate surface area is 122 Å². The summed E-state index contributed by atoms with van der Waals surface area (Å²) in [6.45, 7) is 0.0331. The van der Waals surface area contributed by atoms with Crippen LogP contribution in [-0.4, -0.2) is 17.6 Å². The second-order valence-corrected chi connectivity index (χ2v) is 5.93. The van der Waals surface area contributed by atoms with Crippen LogP contribution in [0.1, 0.15) is 16.5 Å². The van der Waals surface area contributed by atoms with E-state index in [1.807, 2.05) is 11.4 Å². The van der Waals surface area contributed by atoms with Gasteiger partial charge in [0.2, 0.25) is 0 Å². The van der Waals surface area contributed by atoms with Crippen molar-refractivity contribution in [3.05, 3.63) is 44.6 Å². The topological polar surface area (TPSA) is 58.6 Å². The van der Waals surface area contributed by atoms with Crippen molar-refractivity contribution in [2.75, 3.05) is 11.9 Å². The maximum Gasteiger partial charge on any atom is 0.262 e. The van der Waals surface area contributed by atoms with Gasteiger partial charge in [-0.1, -0.05) is 6.07 Å². The highest BCUT2D eigenvalue weighted by molar-refractivity contribution is 9.10. The van der Waals surface area contributed by atoms with Crippen LogP contribution in [0.15, 0.2) is 34.1 Å². The summed E-state index contributed by atoms with van der Waals surface area (Å²) in [5.74, 6) is 0.442. The number of carbonyl (C=O) groups excluding carboxylic acids is 1. The number of fused-ring (bicyclic) bond motifs is 1. The molecule has 1 aromatic heterocycles. The Morgan fingerprint density at radius 2 is 2.26 bits per heavy atom. The number of carbonyl (C=O) groups is 1. The molecule has 0 aliphatic carbocycles. The second-order valence-electron chi connectivity index (χ2n) is 4.13. The van der Waals surface area contributed by atoms with Crippen molar-refractivity contribution in [3.8, 4) is 5.75 Å². The van der Waals surface area contributed by atoms with Crippen LogP contribution in [0.5, 0.6) is 5.75 Å². The van der Waals surface area contributed by atoms with Crippen molar-refractivity contribution in [1.82, 2.24) is 0 Å². The van der Waals surface area contributed by atoms with Crippen LogP contribution in [0.25, 0.3) is 0 Å². The van der Waals surface area contributed by atoms with Gasteiger partial charge in [-0.25, -0.2) is 0 Å². The van der Waals surface area contributed by atoms with Crippen molar-refractivity contribution >= 4 is 38.9 Å². The first-order chi connectivity index (χ1) is 9.15. The molecule has 2 N–H and O–H groups in total. The van der Waals surface area contributed by atoms with Crippen LogP contribution in [-0.2, 0) is 4.79 Å². The highest BCUT2D eigenvalue weighted by Crippen LogP contribution is 2.36. The summed E-state index contributed by atoms with van der Waals surface area (Å²) in [7, 11) is 0. The fraction of sp³-hybridized carbons (Fsp3) is 0.154. The van der Waals surface area contributed by atoms with E-state index in [1.54, 1.807) is 18.2 Å². The summed E-state index contributed by atoms with van der Waals surface area (Å²) in [6.07, 6.45) is -0.724. The summed E-state index contributed by atoms with van der Waals surface area (Å²) in [5.41, 5.74) is 1.31. The van der Waals surface area contributed by atoms with E-state index in [4.69, 9.17) is 4.74 Å². The van der Waals surface area contributed by atoms with Gasteiger partial charge in [-0.2, -0.15) is 0 Å². The van der Waals surface area contributed by atoms with Crippen LogP contribution in [0, 0.1) is 0 Å². The monoisotopic (exact) mass is 339 g/mol. The van der Waals surface area contributed by atoms with E-state index in [9.17, 15) is 9.90 Å². The predicted molar refractivity (Wildman–Crippen MR) is 76.6 cm³/mol. The van der Waals surface area contributed by atoms with Crippen LogP contribution in [0.3, 0.4) is 0 Å². The molecule has 0 bridgehead atoms. The average Bonchev–Trinajstić information content (AvgIpc) is 2.83. The predicted octanol–water partition coefficient (Wildman–Crippen LogP) is 2.92. The highest BCUT2D eigenvalue weighted by Gasteiger charge is 2.20. The van der Waals surface area contributed by atoms with E-state index in [-0.39, 0.29) is 12.5 Å². The number of nitrogens with one attached hydrogen (secondary N) is 1. The van der Waals surface area contributed by atoms with Crippen molar-refractivity contribution in [2.45, 2.75) is 6.10 Å². The van der Waals surface area contributed by atoms with Gasteiger partial charge in [-0.05, 0) is 45.1 Å². The van der Waals surface area contributed by atoms with Crippen molar-refractivity contribution in [2.24, 2.45) is 0 Å². The van der Waals surface area contributed by atoms with Crippen molar-refractivity contribution in [3.63, 3.8) is 0 Å². The first kappa shape index (κ1) is 12.7. The lowest BCUT2D eigenvalue weighted by atomic mass is 10.1. The Morgan fingerprint density at radius 1 is 1.42 bits per heavy atom. The highest BCUT2D eigenvalue weighted by atomic mass is 79.9. The van der Waals surface area contributed by atoms with E-state index in [0.717, 1.165) is 9.35 Å². The summed E-state index contributed by atoms with van der Waals surface area (Å²) in [6, 6.07) is 7.19. The third-order valence-electron chi connectivity index (χ3n) is 2.85. The molecule has 0 saturated carbocycles. The van der Waals surface area contributed by atoms with E-state index in [2.05, 4.69) is 21.2 Å². The third kappa shape index (κ3) is 2.39. The smallest absolute Gasteiger partial charge is 0.262 e. The minimum atomic E-state index is -0.724. The zero-order chi connectivity index (χ0) is 13.4. The fourth-order valence-corrected chi connectivity index (χ4v) is 3.52. The molecule has 2 heterocycles. The molecule has 1 aliphatic rings. The molecule has 0 radical (unpaired) electrons. The molecule has 6 heteroatoms. The summed E-state index contributed by atoms with van der Waals surface area (Å²) < 4.78 is 6.16. The molecule has 1 aliphatic heterocycles. The summed E-state index contributed by atoms with van der Waals surface area (Å²) >= 11 is 4.88. The Morgan fingerprint density at radius 3 is 3.00 bits per heavy atom. The molecule has 1 unspecified atom stereocenters. The van der Waals surface area contributed by atoms with Crippen molar-refractivity contribution in [1.29, 1.82) is 0 Å². The molecule has 98 valence electrons. The first-order valence-electron chi connectivity index (χ1n) is 5.62. The van der Waals surface area contributed by atoms with Gasteiger partial charge >= 0.3 is 0 Å². The maximum atomic E-state index is 11.3. The molecule has 1 aromatic carbocycles. The lowest BCUT2D eigenvalue weighted by Crippen LogP contribution is -2.25. The molecule has 0 spiro atoms. The molecular weight excluding hydrogens is 330 g/mol. The van der Waals surface area contributed by atoms with Crippen molar-refractivity contribution < 1.29 is 14.6 Å². The molecule has 2 aromatic rings. The zero-order valence-corrected chi connectivity index (χ0v) is 12.1. The summed E-state index contributed by atoms with van der Waals surface area (Å²) in [5, 5.41) is 15.0. The number of hydrogen-bond donors (Lipinski definition) is 2. The van der Waals surface area contributed by atoms with Gasteiger partial charge in [0.15, 0.2) is 6.61 Å². The second kappa shape index (κ2) is 4.96. The molecule has 1 atom stereocenters. The molecule has 0 fully saturated rings.